The minimum Gasteiger partial charge on any atom is -0.307 e. The van der Waals surface area contributed by atoms with Gasteiger partial charge in [-0.25, -0.2) is 0 Å². The zero-order valence-electron chi connectivity index (χ0n) is 11.8. The van der Waals surface area contributed by atoms with Crippen molar-refractivity contribution in [1.82, 2.24) is 10.2 Å². The van der Waals surface area contributed by atoms with E-state index in [0.717, 1.165) is 26.2 Å². The Balaban J connectivity index is 2.16. The number of halogens is 1. The van der Waals surface area contributed by atoms with Gasteiger partial charge >= 0.3 is 0 Å². The molecule has 0 bridgehead atoms. The predicted molar refractivity (Wildman–Crippen MR) is 82.5 cm³/mol. The van der Waals surface area contributed by atoms with Gasteiger partial charge in [-0.05, 0) is 44.5 Å². The van der Waals surface area contributed by atoms with Gasteiger partial charge in [-0.1, -0.05) is 41.9 Å². The molecule has 1 unspecified atom stereocenters. The lowest BCUT2D eigenvalue weighted by molar-refractivity contribution is 0.235. The van der Waals surface area contributed by atoms with Gasteiger partial charge in [-0.2, -0.15) is 0 Å². The molecule has 19 heavy (non-hydrogen) atoms. The smallest absolute Gasteiger partial charge is 0.0535 e. The number of benzene rings is 1. The summed E-state index contributed by atoms with van der Waals surface area (Å²) in [6, 6.07) is 10.7. The molecule has 1 N–H and O–H groups in total. The van der Waals surface area contributed by atoms with E-state index >= 15 is 0 Å². The summed E-state index contributed by atoms with van der Waals surface area (Å²) in [7, 11) is 0. The van der Waals surface area contributed by atoms with E-state index in [2.05, 4.69) is 54.4 Å². The molecule has 104 valence electrons. The first-order valence-corrected chi connectivity index (χ1v) is 7.36. The number of rotatable bonds is 3. The molecule has 1 atom stereocenters. The molecule has 2 nitrogen and oxygen atoms in total. The summed E-state index contributed by atoms with van der Waals surface area (Å²) in [4.78, 5) is 2.49. The maximum absolute atomic E-state index is 5.80. The van der Waals surface area contributed by atoms with Crippen molar-refractivity contribution >= 4 is 11.6 Å². The molecule has 0 spiro atoms. The van der Waals surface area contributed by atoms with Crippen LogP contribution in [0.4, 0.5) is 0 Å². The van der Waals surface area contributed by atoms with Gasteiger partial charge in [-0.3, -0.25) is 4.90 Å². The Morgan fingerprint density at radius 1 is 1.42 bits per heavy atom. The Hall–Kier alpha value is -0.830. The molecular formula is C16H23ClN2. The lowest BCUT2D eigenvalue weighted by Gasteiger charge is -2.34. The van der Waals surface area contributed by atoms with Crippen LogP contribution < -0.4 is 5.32 Å². The molecule has 1 heterocycles. The van der Waals surface area contributed by atoms with Crippen LogP contribution in [0, 0.1) is 0 Å². The number of hydrogen-bond donors (Lipinski definition) is 1. The zero-order valence-corrected chi connectivity index (χ0v) is 12.6. The van der Waals surface area contributed by atoms with Crippen molar-refractivity contribution in [2.75, 3.05) is 26.2 Å². The summed E-state index contributed by atoms with van der Waals surface area (Å²) in [6.07, 6.45) is 1.18. The summed E-state index contributed by atoms with van der Waals surface area (Å²) in [5.74, 6) is 0. The van der Waals surface area contributed by atoms with Crippen LogP contribution in [0.2, 0.25) is 0 Å². The monoisotopic (exact) mass is 278 g/mol. The maximum atomic E-state index is 5.80. The molecule has 0 saturated carbocycles. The fourth-order valence-electron chi connectivity index (χ4n) is 2.77. The van der Waals surface area contributed by atoms with Gasteiger partial charge in [0.25, 0.3) is 0 Å². The molecule has 3 heteroatoms. The molecule has 0 aliphatic carbocycles. The van der Waals surface area contributed by atoms with Crippen LogP contribution in [0.1, 0.15) is 25.8 Å². The van der Waals surface area contributed by atoms with Crippen molar-refractivity contribution in [3.05, 3.63) is 47.0 Å². The van der Waals surface area contributed by atoms with Crippen molar-refractivity contribution in [2.24, 2.45) is 0 Å². The Kier molecular flexibility index (Phi) is 5.03. The third kappa shape index (κ3) is 3.82. The number of nitrogens with one attached hydrogen (secondary N) is 1. The highest BCUT2D eigenvalue weighted by molar-refractivity contribution is 6.25. The largest absolute Gasteiger partial charge is 0.307 e. The van der Waals surface area contributed by atoms with Gasteiger partial charge in [0.1, 0.15) is 0 Å². The van der Waals surface area contributed by atoms with Gasteiger partial charge in [0.15, 0.2) is 0 Å². The van der Waals surface area contributed by atoms with Gasteiger partial charge in [0, 0.05) is 18.6 Å². The molecule has 1 saturated heterocycles. The van der Waals surface area contributed by atoms with Crippen LogP contribution in [-0.2, 0) is 5.54 Å². The van der Waals surface area contributed by atoms with E-state index in [1.54, 1.807) is 5.54 Å². The molecular weight excluding hydrogens is 256 g/mol. The molecule has 0 amide bonds. The molecule has 1 aliphatic heterocycles. The summed E-state index contributed by atoms with van der Waals surface area (Å²) in [6.45, 7) is 8.53. The average Bonchev–Trinajstić information content (AvgIpc) is 2.62. The van der Waals surface area contributed by atoms with Gasteiger partial charge in [-0.15, -0.1) is 0 Å². The van der Waals surface area contributed by atoms with Gasteiger partial charge in [0.05, 0.1) is 5.54 Å². The van der Waals surface area contributed by atoms with Gasteiger partial charge < -0.3 is 5.32 Å². The quantitative estimate of drug-likeness (QED) is 0.912. The van der Waals surface area contributed by atoms with Crippen molar-refractivity contribution in [3.63, 3.8) is 0 Å². The Bertz CT molecular complexity index is 430. The Morgan fingerprint density at radius 2 is 2.16 bits per heavy atom. The number of nitrogens with zero attached hydrogens (tertiary/aromatic N) is 1. The van der Waals surface area contributed by atoms with Crippen LogP contribution in [-0.4, -0.2) is 31.1 Å². The van der Waals surface area contributed by atoms with Crippen molar-refractivity contribution in [1.29, 1.82) is 0 Å². The molecule has 1 aliphatic rings. The molecule has 0 radical (unpaired) electrons. The van der Waals surface area contributed by atoms with E-state index in [4.69, 9.17) is 11.6 Å². The lowest BCUT2D eigenvalue weighted by atomic mass is 9.91. The van der Waals surface area contributed by atoms with Crippen LogP contribution in [0.25, 0.3) is 0 Å². The predicted octanol–water partition coefficient (Wildman–Crippen LogP) is 3.34. The molecule has 1 fully saturated rings. The third-order valence-electron chi connectivity index (χ3n) is 3.78. The number of hydrogen-bond acceptors (Lipinski definition) is 2. The summed E-state index contributed by atoms with van der Waals surface area (Å²) in [5, 5.41) is 3.70. The Morgan fingerprint density at radius 3 is 2.84 bits per heavy atom. The Labute approximate surface area is 121 Å². The summed E-state index contributed by atoms with van der Waals surface area (Å²) < 4.78 is 0. The normalized spacial score (nSPS) is 26.2. The lowest BCUT2D eigenvalue weighted by Crippen LogP contribution is -2.46. The van der Waals surface area contributed by atoms with Crippen molar-refractivity contribution < 1.29 is 0 Å². The minimum absolute atomic E-state index is 0.0182. The SMILES string of the molecule is C/C(=C/Cl)CN1CCCNC(C)(c2ccccc2)C1. The van der Waals surface area contributed by atoms with Gasteiger partial charge in [0.2, 0.25) is 0 Å². The minimum atomic E-state index is 0.0182. The van der Waals surface area contributed by atoms with Crippen LogP contribution >= 0.6 is 11.6 Å². The second-order valence-electron chi connectivity index (χ2n) is 5.64. The third-order valence-corrected chi connectivity index (χ3v) is 4.15. The fraction of sp³-hybridized carbons (Fsp3) is 0.500. The second-order valence-corrected chi connectivity index (χ2v) is 5.86. The summed E-state index contributed by atoms with van der Waals surface area (Å²) in [5.41, 5.74) is 4.29. The van der Waals surface area contributed by atoms with Crippen LogP contribution in [0.3, 0.4) is 0 Å². The topological polar surface area (TPSA) is 15.3 Å². The molecule has 2 rings (SSSR count). The highest BCUT2D eigenvalue weighted by Gasteiger charge is 2.30. The van der Waals surface area contributed by atoms with Crippen molar-refractivity contribution in [3.8, 4) is 0 Å². The van der Waals surface area contributed by atoms with Crippen LogP contribution in [0.15, 0.2) is 41.4 Å². The maximum Gasteiger partial charge on any atom is 0.0535 e. The highest BCUT2D eigenvalue weighted by atomic mass is 35.5. The van der Waals surface area contributed by atoms with E-state index in [9.17, 15) is 0 Å². The van der Waals surface area contributed by atoms with Crippen LogP contribution in [0.5, 0.6) is 0 Å². The van der Waals surface area contributed by atoms with E-state index < -0.39 is 0 Å². The van der Waals surface area contributed by atoms with E-state index in [0.29, 0.717) is 0 Å². The second kappa shape index (κ2) is 6.56. The first-order chi connectivity index (χ1) is 9.14. The first kappa shape index (κ1) is 14.6. The first-order valence-electron chi connectivity index (χ1n) is 6.93. The summed E-state index contributed by atoms with van der Waals surface area (Å²) >= 11 is 5.80. The van der Waals surface area contributed by atoms with E-state index in [1.165, 1.54) is 17.6 Å². The molecule has 0 aromatic heterocycles. The molecule has 1 aromatic carbocycles. The highest BCUT2D eigenvalue weighted by Crippen LogP contribution is 2.24. The molecule has 1 aromatic rings. The van der Waals surface area contributed by atoms with E-state index in [-0.39, 0.29) is 5.54 Å². The zero-order chi connectivity index (χ0) is 13.7. The van der Waals surface area contributed by atoms with E-state index in [1.807, 2.05) is 0 Å². The average molecular weight is 279 g/mol. The fourth-order valence-corrected chi connectivity index (χ4v) is 2.84. The van der Waals surface area contributed by atoms with Crippen molar-refractivity contribution in [2.45, 2.75) is 25.8 Å². The standard InChI is InChI=1S/C16H23ClN2/c1-14(11-17)12-19-10-6-9-18-16(2,13-19)15-7-4-3-5-8-15/h3-5,7-8,11,18H,6,9-10,12-13H2,1-2H3/b14-11-.